The molecular formula is C25H29N3OS. The van der Waals surface area contributed by atoms with Crippen LogP contribution in [-0.2, 0) is 4.79 Å². The fourth-order valence-electron chi connectivity index (χ4n) is 3.55. The molecule has 0 aliphatic rings. The molecule has 0 radical (unpaired) electrons. The highest BCUT2D eigenvalue weighted by Crippen LogP contribution is 2.26. The number of hydrogen-bond donors (Lipinski definition) is 1. The average Bonchev–Trinajstić information content (AvgIpc) is 2.97. The Labute approximate surface area is 183 Å². The van der Waals surface area contributed by atoms with E-state index in [9.17, 15) is 4.79 Å². The van der Waals surface area contributed by atoms with Crippen molar-refractivity contribution in [3.8, 4) is 5.69 Å². The molecule has 3 rings (SSSR count). The van der Waals surface area contributed by atoms with E-state index in [0.717, 1.165) is 21.8 Å². The standard InChI is InChI=1S/C25H29N3OS/c1-16-10-12-23(13-11-16)30-21(6)25(29)27-26-15-22-14-19(4)28(20(22)5)24-17(2)8-7-9-18(24)3/h7-15,21H,1-6H3,(H,27,29)/b26-15-/t21-/m1/s1. The van der Waals surface area contributed by atoms with E-state index in [2.05, 4.69) is 86.1 Å². The molecule has 3 aromatic rings. The minimum atomic E-state index is -0.230. The van der Waals surface area contributed by atoms with E-state index in [1.165, 1.54) is 34.1 Å². The van der Waals surface area contributed by atoms with Gasteiger partial charge in [-0.1, -0.05) is 35.9 Å². The van der Waals surface area contributed by atoms with Gasteiger partial charge in [0.25, 0.3) is 5.91 Å². The number of carbonyl (C=O) groups is 1. The highest BCUT2D eigenvalue weighted by Gasteiger charge is 2.15. The molecule has 1 atom stereocenters. The van der Waals surface area contributed by atoms with Gasteiger partial charge in [0.15, 0.2) is 0 Å². The van der Waals surface area contributed by atoms with Gasteiger partial charge < -0.3 is 4.57 Å². The summed E-state index contributed by atoms with van der Waals surface area (Å²) in [6.45, 7) is 12.4. The molecule has 0 spiro atoms. The molecule has 5 heteroatoms. The van der Waals surface area contributed by atoms with Crippen molar-refractivity contribution in [2.24, 2.45) is 5.10 Å². The van der Waals surface area contributed by atoms with Crippen molar-refractivity contribution in [2.75, 3.05) is 0 Å². The topological polar surface area (TPSA) is 46.4 Å². The maximum absolute atomic E-state index is 12.4. The van der Waals surface area contributed by atoms with Gasteiger partial charge in [0, 0.05) is 21.8 Å². The van der Waals surface area contributed by atoms with Crippen molar-refractivity contribution in [1.29, 1.82) is 0 Å². The Morgan fingerprint density at radius 1 is 1.03 bits per heavy atom. The molecule has 1 heterocycles. The quantitative estimate of drug-likeness (QED) is 0.319. The first-order valence-corrected chi connectivity index (χ1v) is 11.0. The number of para-hydroxylation sites is 1. The lowest BCUT2D eigenvalue weighted by atomic mass is 10.1. The SMILES string of the molecule is Cc1ccc(S[C@H](C)C(=O)N/N=C\c2cc(C)n(-c3c(C)cccc3C)c2C)cc1. The maximum atomic E-state index is 12.4. The van der Waals surface area contributed by atoms with E-state index in [1.807, 2.05) is 19.1 Å². The molecule has 0 saturated heterocycles. The lowest BCUT2D eigenvalue weighted by molar-refractivity contribution is -0.120. The summed E-state index contributed by atoms with van der Waals surface area (Å²) in [5.41, 5.74) is 10.8. The van der Waals surface area contributed by atoms with Crippen LogP contribution in [0, 0.1) is 34.6 Å². The van der Waals surface area contributed by atoms with Crippen molar-refractivity contribution >= 4 is 23.9 Å². The molecule has 4 nitrogen and oxygen atoms in total. The molecule has 0 aliphatic carbocycles. The summed E-state index contributed by atoms with van der Waals surface area (Å²) in [4.78, 5) is 13.5. The molecule has 1 aromatic heterocycles. The fourth-order valence-corrected chi connectivity index (χ4v) is 4.41. The Hall–Kier alpha value is -2.79. The molecule has 156 valence electrons. The van der Waals surface area contributed by atoms with Gasteiger partial charge in [-0.2, -0.15) is 5.10 Å². The molecule has 0 saturated carbocycles. The molecule has 0 fully saturated rings. The van der Waals surface area contributed by atoms with Crippen molar-refractivity contribution in [3.63, 3.8) is 0 Å². The number of nitrogens with zero attached hydrogens (tertiary/aromatic N) is 2. The highest BCUT2D eigenvalue weighted by molar-refractivity contribution is 8.00. The Morgan fingerprint density at radius 2 is 1.67 bits per heavy atom. The fraction of sp³-hybridized carbons (Fsp3) is 0.280. The number of benzene rings is 2. The molecule has 2 aromatic carbocycles. The van der Waals surface area contributed by atoms with Crippen molar-refractivity contribution < 1.29 is 4.79 Å². The Balaban J connectivity index is 1.71. The van der Waals surface area contributed by atoms with Gasteiger partial charge >= 0.3 is 0 Å². The highest BCUT2D eigenvalue weighted by atomic mass is 32.2. The first-order chi connectivity index (χ1) is 14.3. The minimum absolute atomic E-state index is 0.111. The van der Waals surface area contributed by atoms with Crippen LogP contribution >= 0.6 is 11.8 Å². The zero-order valence-electron chi connectivity index (χ0n) is 18.5. The third kappa shape index (κ3) is 4.85. The van der Waals surface area contributed by atoms with Crippen molar-refractivity contribution in [2.45, 2.75) is 51.7 Å². The second kappa shape index (κ2) is 9.35. The summed E-state index contributed by atoms with van der Waals surface area (Å²) in [6.07, 6.45) is 1.73. The lowest BCUT2D eigenvalue weighted by Crippen LogP contribution is -2.26. The van der Waals surface area contributed by atoms with Crippen LogP contribution in [0.3, 0.4) is 0 Å². The number of rotatable bonds is 6. The summed E-state index contributed by atoms with van der Waals surface area (Å²) in [5.74, 6) is -0.111. The normalized spacial score (nSPS) is 12.3. The first kappa shape index (κ1) is 21.9. The zero-order valence-corrected chi connectivity index (χ0v) is 19.3. The summed E-state index contributed by atoms with van der Waals surface area (Å²) < 4.78 is 2.25. The number of nitrogens with one attached hydrogen (secondary N) is 1. The second-order valence-corrected chi connectivity index (χ2v) is 9.12. The van der Waals surface area contributed by atoms with Crippen molar-refractivity contribution in [1.82, 2.24) is 9.99 Å². The van der Waals surface area contributed by atoms with Crippen LogP contribution in [-0.4, -0.2) is 21.9 Å². The number of aryl methyl sites for hydroxylation is 4. The third-order valence-electron chi connectivity index (χ3n) is 5.21. The monoisotopic (exact) mass is 419 g/mol. The van der Waals surface area contributed by atoms with Gasteiger partial charge in [0.1, 0.15) is 0 Å². The molecule has 30 heavy (non-hydrogen) atoms. The smallest absolute Gasteiger partial charge is 0.253 e. The van der Waals surface area contributed by atoms with E-state index in [0.29, 0.717) is 0 Å². The first-order valence-electron chi connectivity index (χ1n) is 10.1. The van der Waals surface area contributed by atoms with Crippen molar-refractivity contribution in [3.05, 3.63) is 82.2 Å². The Morgan fingerprint density at radius 3 is 2.30 bits per heavy atom. The number of hydrogen-bond acceptors (Lipinski definition) is 3. The van der Waals surface area contributed by atoms with Crippen LogP contribution < -0.4 is 5.43 Å². The van der Waals surface area contributed by atoms with E-state index in [-0.39, 0.29) is 11.2 Å². The molecule has 0 bridgehead atoms. The number of hydrazone groups is 1. The largest absolute Gasteiger partial charge is 0.317 e. The number of aromatic nitrogens is 1. The summed E-state index contributed by atoms with van der Waals surface area (Å²) in [7, 11) is 0. The van der Waals surface area contributed by atoms with Gasteiger partial charge in [-0.05, 0) is 70.9 Å². The van der Waals surface area contributed by atoms with Crippen LogP contribution in [0.2, 0.25) is 0 Å². The van der Waals surface area contributed by atoms with Gasteiger partial charge in [0.2, 0.25) is 0 Å². The van der Waals surface area contributed by atoms with Gasteiger partial charge in [-0.3, -0.25) is 4.79 Å². The van der Waals surface area contributed by atoms with E-state index >= 15 is 0 Å². The predicted molar refractivity (Wildman–Crippen MR) is 127 cm³/mol. The molecule has 0 aliphatic heterocycles. The molecule has 1 amide bonds. The Kier molecular flexibility index (Phi) is 6.83. The number of amides is 1. The van der Waals surface area contributed by atoms with Gasteiger partial charge in [-0.15, -0.1) is 11.8 Å². The van der Waals surface area contributed by atoms with Crippen LogP contribution in [0.25, 0.3) is 5.69 Å². The zero-order chi connectivity index (χ0) is 21.8. The van der Waals surface area contributed by atoms with Crippen LogP contribution in [0.1, 0.15) is 40.6 Å². The van der Waals surface area contributed by atoms with E-state index in [4.69, 9.17) is 0 Å². The number of thioether (sulfide) groups is 1. The summed E-state index contributed by atoms with van der Waals surface area (Å²) in [6, 6.07) is 16.6. The van der Waals surface area contributed by atoms with E-state index in [1.54, 1.807) is 6.21 Å². The molecule has 1 N–H and O–H groups in total. The summed E-state index contributed by atoms with van der Waals surface area (Å²) in [5, 5.41) is 3.99. The van der Waals surface area contributed by atoms with E-state index < -0.39 is 0 Å². The maximum Gasteiger partial charge on any atom is 0.253 e. The van der Waals surface area contributed by atoms with Gasteiger partial charge in [-0.25, -0.2) is 5.43 Å². The van der Waals surface area contributed by atoms with Crippen LogP contribution in [0.15, 0.2) is 58.5 Å². The Bertz CT molecular complexity index is 1060. The molecule has 0 unspecified atom stereocenters. The van der Waals surface area contributed by atoms with Gasteiger partial charge in [0.05, 0.1) is 17.2 Å². The lowest BCUT2D eigenvalue weighted by Gasteiger charge is -2.15. The number of carbonyl (C=O) groups excluding carboxylic acids is 1. The predicted octanol–water partition coefficient (Wildman–Crippen LogP) is 5.65. The third-order valence-corrected chi connectivity index (χ3v) is 6.33. The second-order valence-electron chi connectivity index (χ2n) is 7.71. The molecular weight excluding hydrogens is 390 g/mol. The van der Waals surface area contributed by atoms with Crippen LogP contribution in [0.4, 0.5) is 0 Å². The summed E-state index contributed by atoms with van der Waals surface area (Å²) >= 11 is 1.53. The minimum Gasteiger partial charge on any atom is -0.317 e. The average molecular weight is 420 g/mol. The van der Waals surface area contributed by atoms with Crippen LogP contribution in [0.5, 0.6) is 0 Å².